The summed E-state index contributed by atoms with van der Waals surface area (Å²) in [6.45, 7) is 3.66. The van der Waals surface area contributed by atoms with Gasteiger partial charge in [0.2, 0.25) is 5.91 Å². The van der Waals surface area contributed by atoms with Crippen LogP contribution in [-0.4, -0.2) is 50.2 Å². The summed E-state index contributed by atoms with van der Waals surface area (Å²) in [4.78, 5) is 19.8. The van der Waals surface area contributed by atoms with Gasteiger partial charge in [-0.1, -0.05) is 44.7 Å². The number of phenolic OH excluding ortho intramolecular Hbond substituents is 1. The molecule has 0 saturated heterocycles. The molecule has 7 heteroatoms. The van der Waals surface area contributed by atoms with Crippen molar-refractivity contribution in [1.82, 2.24) is 20.1 Å². The van der Waals surface area contributed by atoms with Crippen LogP contribution in [0.4, 0.5) is 5.82 Å². The van der Waals surface area contributed by atoms with E-state index in [2.05, 4.69) is 27.4 Å². The number of anilines is 1. The number of nitrogens with one attached hydrogen (secondary N) is 2. The molecule has 0 atom stereocenters. The standard InChI is InChI=1S/C28H39N5O2/c1-2-3-18-33(19-8-10-21-9-7-13-23(34)20-21)26(35)15-14-24-27-25(32-31-24)16-17-29-28(27)30-22-11-5-4-6-12-22/h7,9,13,16-17,20,22,34H,2-6,8,10-12,14-15,18-19H2,1H3,(H,29,30)(H,31,32). The first-order valence-electron chi connectivity index (χ1n) is 13.3. The van der Waals surface area contributed by atoms with Crippen LogP contribution in [0.25, 0.3) is 10.9 Å². The van der Waals surface area contributed by atoms with Crippen LogP contribution >= 0.6 is 0 Å². The lowest BCUT2D eigenvalue weighted by molar-refractivity contribution is -0.131. The molecule has 3 aromatic rings. The van der Waals surface area contributed by atoms with E-state index in [0.29, 0.717) is 24.6 Å². The lowest BCUT2D eigenvalue weighted by Crippen LogP contribution is -2.33. The molecule has 2 aromatic heterocycles. The summed E-state index contributed by atoms with van der Waals surface area (Å²) in [5.74, 6) is 1.36. The minimum atomic E-state index is 0.177. The number of aromatic nitrogens is 3. The van der Waals surface area contributed by atoms with Gasteiger partial charge in [0.25, 0.3) is 0 Å². The zero-order valence-electron chi connectivity index (χ0n) is 20.9. The highest BCUT2D eigenvalue weighted by Crippen LogP contribution is 2.28. The summed E-state index contributed by atoms with van der Waals surface area (Å²) >= 11 is 0. The number of aromatic amines is 1. The van der Waals surface area contributed by atoms with Crippen molar-refractivity contribution < 1.29 is 9.90 Å². The average Bonchev–Trinajstić information content (AvgIpc) is 3.29. The molecule has 1 aromatic carbocycles. The number of fused-ring (bicyclic) bond motifs is 1. The highest BCUT2D eigenvalue weighted by Gasteiger charge is 2.19. The number of carbonyl (C=O) groups excluding carboxylic acids is 1. The van der Waals surface area contributed by atoms with Crippen molar-refractivity contribution in [2.24, 2.45) is 0 Å². The zero-order chi connectivity index (χ0) is 24.5. The van der Waals surface area contributed by atoms with E-state index in [1.165, 1.54) is 32.1 Å². The normalized spacial score (nSPS) is 14.3. The number of unbranched alkanes of at least 4 members (excludes halogenated alkanes) is 1. The predicted molar refractivity (Wildman–Crippen MR) is 141 cm³/mol. The maximum atomic E-state index is 13.2. The summed E-state index contributed by atoms with van der Waals surface area (Å²) in [6, 6.07) is 9.79. The number of hydrogen-bond acceptors (Lipinski definition) is 5. The van der Waals surface area contributed by atoms with Crippen LogP contribution in [-0.2, 0) is 17.6 Å². The van der Waals surface area contributed by atoms with E-state index in [0.717, 1.165) is 66.8 Å². The molecule has 7 nitrogen and oxygen atoms in total. The minimum absolute atomic E-state index is 0.177. The van der Waals surface area contributed by atoms with E-state index in [1.54, 1.807) is 12.1 Å². The van der Waals surface area contributed by atoms with E-state index in [9.17, 15) is 9.90 Å². The number of amides is 1. The van der Waals surface area contributed by atoms with Crippen LogP contribution in [0.1, 0.15) is 76.0 Å². The van der Waals surface area contributed by atoms with E-state index in [4.69, 9.17) is 0 Å². The Balaban J connectivity index is 1.37. The summed E-state index contributed by atoms with van der Waals surface area (Å²) < 4.78 is 0. The van der Waals surface area contributed by atoms with E-state index in [1.807, 2.05) is 29.3 Å². The Morgan fingerprint density at radius 3 is 2.77 bits per heavy atom. The third-order valence-corrected chi connectivity index (χ3v) is 7.01. The molecule has 0 radical (unpaired) electrons. The molecular formula is C28H39N5O2. The Morgan fingerprint density at radius 1 is 1.14 bits per heavy atom. The van der Waals surface area contributed by atoms with Crippen LogP contribution in [0, 0.1) is 0 Å². The van der Waals surface area contributed by atoms with Gasteiger partial charge in [0, 0.05) is 38.2 Å². The molecule has 0 bridgehead atoms. The maximum Gasteiger partial charge on any atom is 0.222 e. The fourth-order valence-electron chi connectivity index (χ4n) is 5.04. The number of pyridine rings is 1. The molecule has 0 unspecified atom stereocenters. The smallest absolute Gasteiger partial charge is 0.222 e. The molecule has 1 aliphatic rings. The van der Waals surface area contributed by atoms with Crippen molar-refractivity contribution in [2.45, 2.75) is 83.6 Å². The molecule has 1 aliphatic carbocycles. The van der Waals surface area contributed by atoms with Crippen molar-refractivity contribution in [3.8, 4) is 5.75 Å². The zero-order valence-corrected chi connectivity index (χ0v) is 20.9. The van der Waals surface area contributed by atoms with E-state index >= 15 is 0 Å². The van der Waals surface area contributed by atoms with Gasteiger partial charge in [0.1, 0.15) is 11.6 Å². The van der Waals surface area contributed by atoms with Crippen LogP contribution in [0.2, 0.25) is 0 Å². The van der Waals surface area contributed by atoms with Gasteiger partial charge in [-0.25, -0.2) is 4.98 Å². The third-order valence-electron chi connectivity index (χ3n) is 7.01. The number of H-pyrrole nitrogens is 1. The molecule has 188 valence electrons. The lowest BCUT2D eigenvalue weighted by atomic mass is 9.95. The third kappa shape index (κ3) is 6.96. The van der Waals surface area contributed by atoms with Gasteiger partial charge in [-0.2, -0.15) is 5.10 Å². The van der Waals surface area contributed by atoms with E-state index in [-0.39, 0.29) is 5.91 Å². The van der Waals surface area contributed by atoms with Crippen LogP contribution in [0.15, 0.2) is 36.5 Å². The lowest BCUT2D eigenvalue weighted by Gasteiger charge is -2.24. The summed E-state index contributed by atoms with van der Waals surface area (Å²) in [5, 5.41) is 22.1. The Morgan fingerprint density at radius 2 is 1.97 bits per heavy atom. The second-order valence-corrected chi connectivity index (χ2v) is 9.74. The van der Waals surface area contributed by atoms with Crippen LogP contribution in [0.3, 0.4) is 0 Å². The molecule has 2 heterocycles. The Labute approximate surface area is 208 Å². The highest BCUT2D eigenvalue weighted by atomic mass is 16.3. The number of hydrogen-bond donors (Lipinski definition) is 3. The molecule has 1 fully saturated rings. The van der Waals surface area contributed by atoms with Crippen LogP contribution < -0.4 is 5.32 Å². The van der Waals surface area contributed by atoms with Crippen molar-refractivity contribution >= 4 is 22.6 Å². The van der Waals surface area contributed by atoms with Gasteiger partial charge in [-0.3, -0.25) is 9.89 Å². The summed E-state index contributed by atoms with van der Waals surface area (Å²) in [7, 11) is 0. The first-order chi connectivity index (χ1) is 17.1. The largest absolute Gasteiger partial charge is 0.508 e. The summed E-state index contributed by atoms with van der Waals surface area (Å²) in [5.41, 5.74) is 2.98. The van der Waals surface area contributed by atoms with Gasteiger partial charge < -0.3 is 15.3 Å². The average molecular weight is 478 g/mol. The second kappa shape index (κ2) is 12.6. The number of nitrogens with zero attached hydrogens (tertiary/aromatic N) is 3. The maximum absolute atomic E-state index is 13.2. The Hall–Kier alpha value is -3.09. The predicted octanol–water partition coefficient (Wildman–Crippen LogP) is 5.60. The molecule has 1 amide bonds. The van der Waals surface area contributed by atoms with Gasteiger partial charge in [-0.05, 0) is 55.9 Å². The monoisotopic (exact) mass is 477 g/mol. The van der Waals surface area contributed by atoms with Crippen molar-refractivity contribution in [1.29, 1.82) is 0 Å². The van der Waals surface area contributed by atoms with Gasteiger partial charge in [0.05, 0.1) is 16.6 Å². The topological polar surface area (TPSA) is 94.1 Å². The molecule has 35 heavy (non-hydrogen) atoms. The second-order valence-electron chi connectivity index (χ2n) is 9.74. The van der Waals surface area contributed by atoms with Crippen LogP contribution in [0.5, 0.6) is 5.75 Å². The van der Waals surface area contributed by atoms with Gasteiger partial charge >= 0.3 is 0 Å². The van der Waals surface area contributed by atoms with Crippen molar-refractivity contribution in [3.63, 3.8) is 0 Å². The fraction of sp³-hybridized carbons (Fsp3) is 0.536. The fourth-order valence-corrected chi connectivity index (χ4v) is 5.04. The Kier molecular flexibility index (Phi) is 8.98. The van der Waals surface area contributed by atoms with E-state index < -0.39 is 0 Å². The highest BCUT2D eigenvalue weighted by molar-refractivity contribution is 5.92. The number of aromatic hydroxyl groups is 1. The first kappa shape index (κ1) is 25.0. The molecule has 0 spiro atoms. The molecule has 4 rings (SSSR count). The summed E-state index contributed by atoms with van der Waals surface area (Å²) in [6.07, 6.45) is 12.8. The number of aryl methyl sites for hydroxylation is 2. The molecule has 0 aliphatic heterocycles. The van der Waals surface area contributed by atoms with Crippen molar-refractivity contribution in [2.75, 3.05) is 18.4 Å². The molecule has 1 saturated carbocycles. The SMILES string of the molecule is CCCCN(CCCc1cccc(O)c1)C(=O)CCc1n[nH]c2ccnc(NC3CCCCC3)c12. The van der Waals surface area contributed by atoms with Gasteiger partial charge in [-0.15, -0.1) is 0 Å². The number of benzene rings is 1. The molecular weight excluding hydrogens is 438 g/mol. The number of phenols is 1. The minimum Gasteiger partial charge on any atom is -0.508 e. The first-order valence-corrected chi connectivity index (χ1v) is 13.3. The molecule has 3 N–H and O–H groups in total. The number of rotatable bonds is 12. The van der Waals surface area contributed by atoms with Gasteiger partial charge in [0.15, 0.2) is 0 Å². The number of carbonyl (C=O) groups is 1. The quantitative estimate of drug-likeness (QED) is 0.316. The Bertz CT molecular complexity index is 1090. The van der Waals surface area contributed by atoms with Crippen molar-refractivity contribution in [3.05, 3.63) is 47.8 Å².